The minimum absolute atomic E-state index is 0.00413. The molecule has 1 N–H and O–H groups in total. The Morgan fingerprint density at radius 3 is 2.91 bits per heavy atom. The fourth-order valence-electron chi connectivity index (χ4n) is 2.34. The van der Waals surface area contributed by atoms with Gasteiger partial charge in [-0.3, -0.25) is 14.2 Å². The normalized spacial score (nSPS) is 14.2. The Morgan fingerprint density at radius 1 is 1.52 bits per heavy atom. The van der Waals surface area contributed by atoms with E-state index in [0.29, 0.717) is 23.1 Å². The number of nitrogens with zero attached hydrogens (tertiary/aromatic N) is 2. The predicted molar refractivity (Wildman–Crippen MR) is 95.4 cm³/mol. The molecule has 1 aliphatic carbocycles. The van der Waals surface area contributed by atoms with E-state index in [-0.39, 0.29) is 17.2 Å². The lowest BCUT2D eigenvalue weighted by molar-refractivity contribution is -0.118. The van der Waals surface area contributed by atoms with Crippen molar-refractivity contribution in [1.82, 2.24) is 14.9 Å². The maximum Gasteiger partial charge on any atom is 0.263 e. The molecule has 23 heavy (non-hydrogen) atoms. The van der Waals surface area contributed by atoms with E-state index >= 15 is 0 Å². The van der Waals surface area contributed by atoms with Crippen molar-refractivity contribution < 1.29 is 4.79 Å². The number of aryl methyl sites for hydroxylation is 2. The lowest BCUT2D eigenvalue weighted by Gasteiger charge is -2.10. The van der Waals surface area contributed by atoms with Gasteiger partial charge in [0.25, 0.3) is 5.56 Å². The molecule has 0 saturated heterocycles. The number of aromatic nitrogens is 2. The number of thiophene rings is 1. The first kappa shape index (κ1) is 16.3. The van der Waals surface area contributed by atoms with Gasteiger partial charge in [0.05, 0.1) is 11.1 Å². The lowest BCUT2D eigenvalue weighted by Crippen LogP contribution is -2.28. The molecule has 0 bridgehead atoms. The van der Waals surface area contributed by atoms with Crippen molar-refractivity contribution in [3.8, 4) is 0 Å². The molecule has 0 aromatic carbocycles. The fourth-order valence-corrected chi connectivity index (χ4v) is 4.23. The predicted octanol–water partition coefficient (Wildman–Crippen LogP) is 2.63. The second kappa shape index (κ2) is 6.49. The monoisotopic (exact) mass is 349 g/mol. The summed E-state index contributed by atoms with van der Waals surface area (Å²) in [7, 11) is 0. The van der Waals surface area contributed by atoms with Gasteiger partial charge in [-0.15, -0.1) is 17.9 Å². The summed E-state index contributed by atoms with van der Waals surface area (Å²) in [5.41, 5.74) is 0.935. The number of allylic oxidation sites excluding steroid dienone is 1. The fraction of sp³-hybridized carbons (Fsp3) is 0.438. The lowest BCUT2D eigenvalue weighted by atomic mass is 10.2. The maximum atomic E-state index is 12.8. The summed E-state index contributed by atoms with van der Waals surface area (Å²) < 4.78 is 1.60. The number of fused-ring (bicyclic) bond motifs is 1. The minimum atomic E-state index is -0.0538. The number of rotatable bonds is 6. The largest absolute Gasteiger partial charge is 0.353 e. The van der Waals surface area contributed by atoms with Crippen LogP contribution in [0.2, 0.25) is 0 Å². The van der Waals surface area contributed by atoms with E-state index in [2.05, 4.69) is 16.9 Å². The quantitative estimate of drug-likeness (QED) is 0.495. The van der Waals surface area contributed by atoms with Crippen molar-refractivity contribution in [2.45, 2.75) is 44.4 Å². The molecule has 1 fully saturated rings. The van der Waals surface area contributed by atoms with Crippen LogP contribution in [-0.4, -0.2) is 27.3 Å². The van der Waals surface area contributed by atoms with Crippen LogP contribution in [0.3, 0.4) is 0 Å². The zero-order valence-corrected chi connectivity index (χ0v) is 14.9. The number of carbonyl (C=O) groups is 1. The number of amides is 1. The first-order valence-corrected chi connectivity index (χ1v) is 9.35. The molecule has 3 rings (SSSR count). The Morgan fingerprint density at radius 2 is 2.26 bits per heavy atom. The molecule has 1 amide bonds. The molecule has 5 nitrogen and oxygen atoms in total. The van der Waals surface area contributed by atoms with E-state index < -0.39 is 0 Å². The van der Waals surface area contributed by atoms with E-state index in [4.69, 9.17) is 0 Å². The Labute approximate surface area is 142 Å². The summed E-state index contributed by atoms with van der Waals surface area (Å²) >= 11 is 2.83. The zero-order valence-electron chi connectivity index (χ0n) is 13.2. The highest BCUT2D eigenvalue weighted by Crippen LogP contribution is 2.28. The summed E-state index contributed by atoms with van der Waals surface area (Å²) in [5.74, 6) is 0.269. The van der Waals surface area contributed by atoms with Crippen LogP contribution in [0.15, 0.2) is 22.6 Å². The van der Waals surface area contributed by atoms with Crippen LogP contribution in [0.1, 0.15) is 23.3 Å². The van der Waals surface area contributed by atoms with E-state index in [9.17, 15) is 9.59 Å². The third-order valence-corrected chi connectivity index (χ3v) is 5.92. The van der Waals surface area contributed by atoms with Crippen LogP contribution in [0.4, 0.5) is 0 Å². The molecule has 7 heteroatoms. The van der Waals surface area contributed by atoms with Crippen LogP contribution in [0.5, 0.6) is 0 Å². The summed E-state index contributed by atoms with van der Waals surface area (Å²) in [4.78, 5) is 31.1. The van der Waals surface area contributed by atoms with Gasteiger partial charge in [-0.1, -0.05) is 17.8 Å². The van der Waals surface area contributed by atoms with Gasteiger partial charge in [-0.2, -0.15) is 0 Å². The summed E-state index contributed by atoms with van der Waals surface area (Å²) in [5, 5.41) is 4.21. The molecule has 122 valence electrons. The number of thioether (sulfide) groups is 1. The second-order valence-electron chi connectivity index (χ2n) is 5.69. The van der Waals surface area contributed by atoms with Crippen molar-refractivity contribution in [2.75, 3.05) is 5.75 Å². The highest BCUT2D eigenvalue weighted by Gasteiger charge is 2.23. The van der Waals surface area contributed by atoms with Crippen LogP contribution in [0, 0.1) is 13.8 Å². The second-order valence-corrected chi connectivity index (χ2v) is 7.84. The van der Waals surface area contributed by atoms with E-state index in [1.807, 2.05) is 13.8 Å². The summed E-state index contributed by atoms with van der Waals surface area (Å²) in [6, 6.07) is 0.344. The molecule has 2 heterocycles. The van der Waals surface area contributed by atoms with Crippen molar-refractivity contribution >= 4 is 39.2 Å². The number of nitrogens with one attached hydrogen (secondary N) is 1. The molecular weight excluding hydrogens is 330 g/mol. The van der Waals surface area contributed by atoms with Crippen LogP contribution >= 0.6 is 23.1 Å². The standard InChI is InChI=1S/C16H19N3O2S2/c1-4-7-19-15(21)13-9(2)10(3)23-14(13)18-16(19)22-8-12(20)17-11-5-6-11/h4,11H,1,5-8H2,2-3H3,(H,17,20). The molecule has 0 atom stereocenters. The highest BCUT2D eigenvalue weighted by molar-refractivity contribution is 7.99. The Balaban J connectivity index is 1.93. The van der Waals surface area contributed by atoms with Gasteiger partial charge in [0.1, 0.15) is 4.83 Å². The van der Waals surface area contributed by atoms with Gasteiger partial charge in [-0.25, -0.2) is 4.98 Å². The number of hydrogen-bond acceptors (Lipinski definition) is 5. The van der Waals surface area contributed by atoms with Crippen LogP contribution in [0.25, 0.3) is 10.2 Å². The van der Waals surface area contributed by atoms with E-state index in [0.717, 1.165) is 28.1 Å². The molecule has 1 saturated carbocycles. The Hall–Kier alpha value is -1.60. The molecule has 0 radical (unpaired) electrons. The van der Waals surface area contributed by atoms with Gasteiger partial charge in [-0.05, 0) is 32.3 Å². The van der Waals surface area contributed by atoms with Gasteiger partial charge in [0.15, 0.2) is 5.16 Å². The number of carbonyl (C=O) groups excluding carboxylic acids is 1. The first-order chi connectivity index (χ1) is 11.0. The van der Waals surface area contributed by atoms with Crippen molar-refractivity contribution in [2.24, 2.45) is 0 Å². The smallest absolute Gasteiger partial charge is 0.263 e. The maximum absolute atomic E-state index is 12.8. The van der Waals surface area contributed by atoms with Gasteiger partial charge < -0.3 is 5.32 Å². The molecule has 0 unspecified atom stereocenters. The average Bonchev–Trinajstić information content (AvgIpc) is 3.26. The Kier molecular flexibility index (Phi) is 4.59. The molecule has 2 aromatic heterocycles. The summed E-state index contributed by atoms with van der Waals surface area (Å²) in [6.45, 7) is 8.05. The molecule has 0 spiro atoms. The Bertz CT molecular complexity index is 834. The topological polar surface area (TPSA) is 64.0 Å². The van der Waals surface area contributed by atoms with Crippen molar-refractivity contribution in [1.29, 1.82) is 0 Å². The number of hydrogen-bond donors (Lipinski definition) is 1. The minimum Gasteiger partial charge on any atom is -0.353 e. The SMILES string of the molecule is C=CCn1c(SCC(=O)NC2CC2)nc2sc(C)c(C)c2c1=O. The molecular formula is C16H19N3O2S2. The van der Waals surface area contributed by atoms with E-state index in [1.54, 1.807) is 10.6 Å². The average molecular weight is 349 g/mol. The molecule has 1 aliphatic rings. The highest BCUT2D eigenvalue weighted by atomic mass is 32.2. The van der Waals surface area contributed by atoms with Gasteiger partial charge >= 0.3 is 0 Å². The molecule has 0 aliphatic heterocycles. The third kappa shape index (κ3) is 3.35. The van der Waals surface area contributed by atoms with Crippen LogP contribution in [-0.2, 0) is 11.3 Å². The first-order valence-electron chi connectivity index (χ1n) is 7.55. The van der Waals surface area contributed by atoms with E-state index in [1.165, 1.54) is 23.1 Å². The van der Waals surface area contributed by atoms with Crippen LogP contribution < -0.4 is 10.9 Å². The third-order valence-electron chi connectivity index (χ3n) is 3.84. The zero-order chi connectivity index (χ0) is 16.6. The van der Waals surface area contributed by atoms with Gasteiger partial charge in [0, 0.05) is 17.5 Å². The van der Waals surface area contributed by atoms with Gasteiger partial charge in [0.2, 0.25) is 5.91 Å². The molecule has 2 aromatic rings. The van der Waals surface area contributed by atoms with Crippen molar-refractivity contribution in [3.05, 3.63) is 33.4 Å². The van der Waals surface area contributed by atoms with Crippen molar-refractivity contribution in [3.63, 3.8) is 0 Å². The summed E-state index contributed by atoms with van der Waals surface area (Å²) in [6.07, 6.45) is 3.81.